The number of nitrogens with zero attached hydrogens (tertiary/aromatic N) is 1. The molecule has 0 aliphatic heterocycles. The molecule has 0 saturated heterocycles. The standard InChI is InChI=1S/C16H22N2O2S/c1-4-7-12-16(11(2)17)21-15(18-12)10-20-14-9-6-5-8-13(14)19-3/h5-6,8-9,11H,4,7,10,17H2,1-3H3. The van der Waals surface area contributed by atoms with Gasteiger partial charge in [0.05, 0.1) is 12.8 Å². The van der Waals surface area contributed by atoms with E-state index < -0.39 is 0 Å². The number of thiazole rings is 1. The van der Waals surface area contributed by atoms with Gasteiger partial charge in [-0.15, -0.1) is 11.3 Å². The van der Waals surface area contributed by atoms with Crippen molar-refractivity contribution < 1.29 is 9.47 Å². The van der Waals surface area contributed by atoms with Crippen LogP contribution in [0.4, 0.5) is 0 Å². The molecule has 114 valence electrons. The molecule has 0 radical (unpaired) electrons. The molecule has 1 atom stereocenters. The van der Waals surface area contributed by atoms with Crippen LogP contribution < -0.4 is 15.2 Å². The predicted octanol–water partition coefficient (Wildman–Crippen LogP) is 3.70. The first kappa shape index (κ1) is 15.8. The first-order valence-corrected chi connectivity index (χ1v) is 7.97. The van der Waals surface area contributed by atoms with Crippen LogP contribution in [0.15, 0.2) is 24.3 Å². The Bertz CT molecular complexity index is 581. The van der Waals surface area contributed by atoms with E-state index in [0.717, 1.165) is 39.9 Å². The van der Waals surface area contributed by atoms with Gasteiger partial charge in [-0.2, -0.15) is 0 Å². The van der Waals surface area contributed by atoms with Crippen LogP contribution >= 0.6 is 11.3 Å². The minimum absolute atomic E-state index is 0.0176. The number of rotatable bonds is 7. The summed E-state index contributed by atoms with van der Waals surface area (Å²) in [5, 5.41) is 0.955. The first-order valence-electron chi connectivity index (χ1n) is 7.15. The van der Waals surface area contributed by atoms with Crippen LogP contribution in [0.2, 0.25) is 0 Å². The number of nitrogens with two attached hydrogens (primary N) is 1. The second kappa shape index (κ2) is 7.43. The predicted molar refractivity (Wildman–Crippen MR) is 86.0 cm³/mol. The summed E-state index contributed by atoms with van der Waals surface area (Å²) in [6.45, 7) is 4.58. The van der Waals surface area contributed by atoms with Crippen LogP contribution in [0, 0.1) is 0 Å². The van der Waals surface area contributed by atoms with E-state index in [1.54, 1.807) is 18.4 Å². The second-order valence-electron chi connectivity index (χ2n) is 4.90. The molecule has 1 aromatic carbocycles. The van der Waals surface area contributed by atoms with E-state index in [2.05, 4.69) is 11.9 Å². The third kappa shape index (κ3) is 3.95. The lowest BCUT2D eigenvalue weighted by molar-refractivity contribution is 0.284. The van der Waals surface area contributed by atoms with Gasteiger partial charge in [0.25, 0.3) is 0 Å². The molecule has 1 heterocycles. The lowest BCUT2D eigenvalue weighted by Crippen LogP contribution is -2.05. The molecule has 2 rings (SSSR count). The maximum atomic E-state index is 6.02. The van der Waals surface area contributed by atoms with Crippen molar-refractivity contribution in [1.82, 2.24) is 4.98 Å². The van der Waals surface area contributed by atoms with Crippen LogP contribution in [0.25, 0.3) is 0 Å². The van der Waals surface area contributed by atoms with E-state index in [1.807, 2.05) is 31.2 Å². The Kier molecular flexibility index (Phi) is 5.59. The molecule has 4 nitrogen and oxygen atoms in total. The Morgan fingerprint density at radius 1 is 1.29 bits per heavy atom. The third-order valence-electron chi connectivity index (χ3n) is 3.09. The summed E-state index contributed by atoms with van der Waals surface area (Å²) >= 11 is 1.64. The average molecular weight is 306 g/mol. The van der Waals surface area contributed by atoms with Crippen LogP contribution in [-0.4, -0.2) is 12.1 Å². The maximum absolute atomic E-state index is 6.02. The number of ether oxygens (including phenoxy) is 2. The topological polar surface area (TPSA) is 57.4 Å². The fourth-order valence-electron chi connectivity index (χ4n) is 2.13. The highest BCUT2D eigenvalue weighted by Gasteiger charge is 2.14. The summed E-state index contributed by atoms with van der Waals surface area (Å²) < 4.78 is 11.1. The lowest BCUT2D eigenvalue weighted by Gasteiger charge is -2.08. The van der Waals surface area contributed by atoms with Crippen LogP contribution in [0.3, 0.4) is 0 Å². The number of benzene rings is 1. The maximum Gasteiger partial charge on any atom is 0.161 e. The Labute approximate surface area is 129 Å². The monoisotopic (exact) mass is 306 g/mol. The van der Waals surface area contributed by atoms with Crippen molar-refractivity contribution in [2.75, 3.05) is 7.11 Å². The number of para-hydroxylation sites is 2. The molecule has 0 bridgehead atoms. The molecule has 2 N–H and O–H groups in total. The van der Waals surface area contributed by atoms with E-state index in [-0.39, 0.29) is 6.04 Å². The molecule has 0 aliphatic rings. The highest BCUT2D eigenvalue weighted by molar-refractivity contribution is 7.11. The Morgan fingerprint density at radius 3 is 2.62 bits per heavy atom. The fourth-order valence-corrected chi connectivity index (χ4v) is 3.10. The van der Waals surface area contributed by atoms with E-state index in [1.165, 1.54) is 0 Å². The minimum atomic E-state index is 0.0176. The van der Waals surface area contributed by atoms with Crippen molar-refractivity contribution in [2.24, 2.45) is 5.73 Å². The van der Waals surface area contributed by atoms with Gasteiger partial charge < -0.3 is 15.2 Å². The SMILES string of the molecule is CCCc1nc(COc2ccccc2OC)sc1C(C)N. The van der Waals surface area contributed by atoms with Crippen LogP contribution in [0.5, 0.6) is 11.5 Å². The molecular formula is C16H22N2O2S. The highest BCUT2D eigenvalue weighted by Crippen LogP contribution is 2.29. The molecule has 1 unspecified atom stereocenters. The van der Waals surface area contributed by atoms with Gasteiger partial charge >= 0.3 is 0 Å². The Balaban J connectivity index is 2.11. The molecule has 0 amide bonds. The summed E-state index contributed by atoms with van der Waals surface area (Å²) in [5.41, 5.74) is 7.13. The van der Waals surface area contributed by atoms with Crippen molar-refractivity contribution in [2.45, 2.75) is 39.3 Å². The second-order valence-corrected chi connectivity index (χ2v) is 6.01. The lowest BCUT2D eigenvalue weighted by atomic mass is 10.2. The van der Waals surface area contributed by atoms with Crippen LogP contribution in [-0.2, 0) is 13.0 Å². The van der Waals surface area contributed by atoms with Crippen molar-refractivity contribution in [3.63, 3.8) is 0 Å². The van der Waals surface area contributed by atoms with E-state index in [0.29, 0.717) is 6.61 Å². The number of hydrogen-bond acceptors (Lipinski definition) is 5. The molecule has 0 saturated carbocycles. The minimum Gasteiger partial charge on any atom is -0.493 e. The highest BCUT2D eigenvalue weighted by atomic mass is 32.1. The quantitative estimate of drug-likeness (QED) is 0.847. The van der Waals surface area contributed by atoms with Gasteiger partial charge in [-0.05, 0) is 25.5 Å². The molecule has 1 aromatic heterocycles. The zero-order valence-electron chi connectivity index (χ0n) is 12.8. The summed E-state index contributed by atoms with van der Waals surface area (Å²) in [6, 6.07) is 7.64. The van der Waals surface area contributed by atoms with Crippen molar-refractivity contribution in [3.8, 4) is 11.5 Å². The van der Waals surface area contributed by atoms with E-state index >= 15 is 0 Å². The normalized spacial score (nSPS) is 12.2. The Morgan fingerprint density at radius 2 is 2.00 bits per heavy atom. The number of aryl methyl sites for hydroxylation is 1. The van der Waals surface area contributed by atoms with Gasteiger partial charge in [-0.3, -0.25) is 0 Å². The molecule has 5 heteroatoms. The summed E-state index contributed by atoms with van der Waals surface area (Å²) in [5.74, 6) is 1.46. The average Bonchev–Trinajstić information content (AvgIpc) is 2.89. The van der Waals surface area contributed by atoms with Gasteiger partial charge in [0.15, 0.2) is 11.5 Å². The first-order chi connectivity index (χ1) is 10.2. The zero-order valence-corrected chi connectivity index (χ0v) is 13.6. The fraction of sp³-hybridized carbons (Fsp3) is 0.438. The Hall–Kier alpha value is -1.59. The smallest absolute Gasteiger partial charge is 0.161 e. The van der Waals surface area contributed by atoms with Gasteiger partial charge in [0.2, 0.25) is 0 Å². The van der Waals surface area contributed by atoms with Crippen molar-refractivity contribution >= 4 is 11.3 Å². The molecule has 0 spiro atoms. The molecule has 0 aliphatic carbocycles. The summed E-state index contributed by atoms with van der Waals surface area (Å²) in [7, 11) is 1.64. The van der Waals surface area contributed by atoms with Gasteiger partial charge in [-0.25, -0.2) is 4.98 Å². The third-order valence-corrected chi connectivity index (χ3v) is 4.36. The van der Waals surface area contributed by atoms with Crippen molar-refractivity contribution in [1.29, 1.82) is 0 Å². The molecule has 0 fully saturated rings. The van der Waals surface area contributed by atoms with Crippen LogP contribution in [0.1, 0.15) is 41.9 Å². The molecule has 2 aromatic rings. The molecule has 21 heavy (non-hydrogen) atoms. The number of hydrogen-bond donors (Lipinski definition) is 1. The largest absolute Gasteiger partial charge is 0.493 e. The van der Waals surface area contributed by atoms with Gasteiger partial charge in [-0.1, -0.05) is 25.5 Å². The van der Waals surface area contributed by atoms with E-state index in [4.69, 9.17) is 15.2 Å². The molecular weight excluding hydrogens is 284 g/mol. The zero-order chi connectivity index (χ0) is 15.2. The van der Waals surface area contributed by atoms with Gasteiger partial charge in [0, 0.05) is 10.9 Å². The summed E-state index contributed by atoms with van der Waals surface area (Å²) in [4.78, 5) is 5.83. The van der Waals surface area contributed by atoms with E-state index in [9.17, 15) is 0 Å². The van der Waals surface area contributed by atoms with Crippen molar-refractivity contribution in [3.05, 3.63) is 39.8 Å². The number of methoxy groups -OCH3 is 1. The van der Waals surface area contributed by atoms with Gasteiger partial charge in [0.1, 0.15) is 11.6 Å². The summed E-state index contributed by atoms with van der Waals surface area (Å²) in [6.07, 6.45) is 2.03. The number of aromatic nitrogens is 1.